The highest BCUT2D eigenvalue weighted by molar-refractivity contribution is 9.10. The Morgan fingerprint density at radius 1 is 1.28 bits per heavy atom. The number of halogens is 1. The van der Waals surface area contributed by atoms with Gasteiger partial charge in [0.05, 0.1) is 17.8 Å². The van der Waals surface area contributed by atoms with Crippen molar-refractivity contribution in [3.8, 4) is 23.0 Å². The molecular weight excluding hydrogens is 392 g/mol. The van der Waals surface area contributed by atoms with E-state index in [0.29, 0.717) is 17.2 Å². The van der Waals surface area contributed by atoms with Crippen molar-refractivity contribution < 1.29 is 23.7 Å². The molecule has 0 unspecified atom stereocenters. The molecule has 2 aromatic rings. The minimum Gasteiger partial charge on any atom is -0.497 e. The highest BCUT2D eigenvalue weighted by Gasteiger charge is 2.17. The van der Waals surface area contributed by atoms with Gasteiger partial charge in [-0.2, -0.15) is 5.10 Å². The quantitative estimate of drug-likeness (QED) is 0.589. The summed E-state index contributed by atoms with van der Waals surface area (Å²) in [5.41, 5.74) is 3.16. The summed E-state index contributed by atoms with van der Waals surface area (Å²) >= 11 is 3.40. The van der Waals surface area contributed by atoms with Crippen LogP contribution in [0, 0.1) is 0 Å². The molecule has 0 aromatic heterocycles. The fourth-order valence-electron chi connectivity index (χ4n) is 2.09. The van der Waals surface area contributed by atoms with E-state index in [-0.39, 0.29) is 19.3 Å². The van der Waals surface area contributed by atoms with Gasteiger partial charge in [-0.05, 0) is 57.9 Å². The van der Waals surface area contributed by atoms with Gasteiger partial charge in [-0.3, -0.25) is 4.79 Å². The van der Waals surface area contributed by atoms with Crippen LogP contribution < -0.4 is 24.4 Å². The number of methoxy groups -OCH3 is 1. The molecule has 1 aliphatic heterocycles. The third-order valence-electron chi connectivity index (χ3n) is 3.28. The third kappa shape index (κ3) is 4.42. The molecular formula is C17H15BrN2O5. The van der Waals surface area contributed by atoms with Gasteiger partial charge in [-0.1, -0.05) is 0 Å². The molecule has 0 saturated carbocycles. The summed E-state index contributed by atoms with van der Waals surface area (Å²) in [6, 6.07) is 10.5. The van der Waals surface area contributed by atoms with Gasteiger partial charge >= 0.3 is 0 Å². The van der Waals surface area contributed by atoms with Gasteiger partial charge in [-0.15, -0.1) is 0 Å². The summed E-state index contributed by atoms with van der Waals surface area (Å²) in [4.78, 5) is 11.8. The van der Waals surface area contributed by atoms with Gasteiger partial charge in [0.15, 0.2) is 18.1 Å². The van der Waals surface area contributed by atoms with E-state index < -0.39 is 0 Å². The molecule has 8 heteroatoms. The van der Waals surface area contributed by atoms with Crippen molar-refractivity contribution in [2.45, 2.75) is 0 Å². The Morgan fingerprint density at radius 3 is 2.80 bits per heavy atom. The first-order valence-electron chi connectivity index (χ1n) is 7.33. The zero-order valence-corrected chi connectivity index (χ0v) is 14.9. The molecule has 0 saturated heterocycles. The molecule has 1 amide bonds. The van der Waals surface area contributed by atoms with E-state index in [2.05, 4.69) is 26.5 Å². The molecule has 0 fully saturated rings. The third-order valence-corrected chi connectivity index (χ3v) is 3.87. The van der Waals surface area contributed by atoms with E-state index in [4.69, 9.17) is 18.9 Å². The van der Waals surface area contributed by atoms with Crippen LogP contribution in [0.2, 0.25) is 0 Å². The lowest BCUT2D eigenvalue weighted by Gasteiger charge is -2.06. The van der Waals surface area contributed by atoms with Crippen LogP contribution in [0.25, 0.3) is 0 Å². The zero-order valence-electron chi connectivity index (χ0n) is 13.3. The lowest BCUT2D eigenvalue weighted by atomic mass is 10.2. The summed E-state index contributed by atoms with van der Waals surface area (Å²) < 4.78 is 21.8. The number of carbonyl (C=O) groups is 1. The maximum absolute atomic E-state index is 11.8. The molecule has 25 heavy (non-hydrogen) atoms. The Labute approximate surface area is 152 Å². The van der Waals surface area contributed by atoms with Gasteiger partial charge in [0, 0.05) is 0 Å². The monoisotopic (exact) mass is 406 g/mol. The fourth-order valence-corrected chi connectivity index (χ4v) is 2.67. The topological polar surface area (TPSA) is 78.4 Å². The maximum atomic E-state index is 11.8. The molecule has 0 radical (unpaired) electrons. The summed E-state index contributed by atoms with van der Waals surface area (Å²) in [6.45, 7) is 0.0441. The average molecular weight is 407 g/mol. The molecule has 2 aromatic carbocycles. The van der Waals surface area contributed by atoms with Crippen LogP contribution in [0.3, 0.4) is 0 Å². The summed E-state index contributed by atoms with van der Waals surface area (Å²) in [5, 5.41) is 3.91. The first-order chi connectivity index (χ1) is 12.2. The highest BCUT2D eigenvalue weighted by Crippen LogP contribution is 2.39. The molecule has 0 spiro atoms. The number of hydrogen-bond donors (Lipinski definition) is 1. The average Bonchev–Trinajstić information content (AvgIpc) is 3.09. The Balaban J connectivity index is 1.50. The van der Waals surface area contributed by atoms with Crippen molar-refractivity contribution in [2.24, 2.45) is 5.10 Å². The predicted octanol–water partition coefficient (Wildman–Crippen LogP) is 2.72. The van der Waals surface area contributed by atoms with E-state index in [1.54, 1.807) is 37.4 Å². The second kappa shape index (κ2) is 7.89. The lowest BCUT2D eigenvalue weighted by Crippen LogP contribution is -2.24. The number of amides is 1. The Hall–Kier alpha value is -2.74. The fraction of sp³-hybridized carbons (Fsp3) is 0.176. The van der Waals surface area contributed by atoms with Crippen molar-refractivity contribution in [1.29, 1.82) is 0 Å². The standard InChI is InChI=1S/C17H15BrN2O5/c1-22-12-2-4-13(5-3-12)23-9-16(21)20-19-8-11-6-14(18)17-15(7-11)24-10-25-17/h2-8H,9-10H2,1H3,(H,20,21)/b19-8-. The van der Waals surface area contributed by atoms with Crippen LogP contribution >= 0.6 is 15.9 Å². The zero-order chi connectivity index (χ0) is 17.6. The highest BCUT2D eigenvalue weighted by atomic mass is 79.9. The van der Waals surface area contributed by atoms with E-state index in [0.717, 1.165) is 15.8 Å². The first kappa shape index (κ1) is 17.1. The van der Waals surface area contributed by atoms with Crippen molar-refractivity contribution in [1.82, 2.24) is 5.43 Å². The Bertz CT molecular complexity index is 792. The smallest absolute Gasteiger partial charge is 0.277 e. The van der Waals surface area contributed by atoms with Crippen molar-refractivity contribution in [3.63, 3.8) is 0 Å². The first-order valence-corrected chi connectivity index (χ1v) is 8.13. The maximum Gasteiger partial charge on any atom is 0.277 e. The normalized spacial score (nSPS) is 12.2. The summed E-state index contributed by atoms with van der Waals surface area (Å²) in [7, 11) is 1.58. The van der Waals surface area contributed by atoms with Gasteiger partial charge in [0.2, 0.25) is 6.79 Å². The number of carbonyl (C=O) groups excluding carboxylic acids is 1. The molecule has 3 rings (SSSR count). The molecule has 0 aliphatic carbocycles. The predicted molar refractivity (Wildman–Crippen MR) is 94.5 cm³/mol. The van der Waals surface area contributed by atoms with Gasteiger partial charge in [0.1, 0.15) is 11.5 Å². The second-order valence-electron chi connectivity index (χ2n) is 4.99. The second-order valence-corrected chi connectivity index (χ2v) is 5.85. The van der Waals surface area contributed by atoms with E-state index in [1.165, 1.54) is 6.21 Å². The minimum absolute atomic E-state index is 0.144. The number of nitrogens with zero attached hydrogens (tertiary/aromatic N) is 1. The van der Waals surface area contributed by atoms with Crippen LogP contribution in [0.1, 0.15) is 5.56 Å². The number of ether oxygens (including phenoxy) is 4. The van der Waals surface area contributed by atoms with E-state index in [9.17, 15) is 4.79 Å². The van der Waals surface area contributed by atoms with Crippen LogP contribution in [-0.4, -0.2) is 32.6 Å². The number of nitrogens with one attached hydrogen (secondary N) is 1. The van der Waals surface area contributed by atoms with E-state index >= 15 is 0 Å². The largest absolute Gasteiger partial charge is 0.497 e. The van der Waals surface area contributed by atoms with Crippen LogP contribution in [0.5, 0.6) is 23.0 Å². The SMILES string of the molecule is COc1ccc(OCC(=O)N/N=C\c2cc(Br)c3c(c2)OCO3)cc1. The Kier molecular flexibility index (Phi) is 5.39. The minimum atomic E-state index is -0.369. The lowest BCUT2D eigenvalue weighted by molar-refractivity contribution is -0.123. The van der Waals surface area contributed by atoms with Gasteiger partial charge in [0.25, 0.3) is 5.91 Å². The number of hydrazone groups is 1. The van der Waals surface area contributed by atoms with Crippen molar-refractivity contribution in [3.05, 3.63) is 46.4 Å². The van der Waals surface area contributed by atoms with Crippen molar-refractivity contribution >= 4 is 28.1 Å². The molecule has 130 valence electrons. The number of hydrogen-bond acceptors (Lipinski definition) is 6. The van der Waals surface area contributed by atoms with Gasteiger partial charge in [-0.25, -0.2) is 5.43 Å². The van der Waals surface area contributed by atoms with Gasteiger partial charge < -0.3 is 18.9 Å². The molecule has 1 N–H and O–H groups in total. The number of benzene rings is 2. The number of fused-ring (bicyclic) bond motifs is 1. The molecule has 0 atom stereocenters. The molecule has 7 nitrogen and oxygen atoms in total. The van der Waals surface area contributed by atoms with Crippen molar-refractivity contribution in [2.75, 3.05) is 20.5 Å². The molecule has 0 bridgehead atoms. The molecule has 1 heterocycles. The van der Waals surface area contributed by atoms with E-state index in [1.807, 2.05) is 6.07 Å². The summed E-state index contributed by atoms with van der Waals surface area (Å²) in [6.07, 6.45) is 1.51. The van der Waals surface area contributed by atoms with Crippen LogP contribution in [0.15, 0.2) is 46.0 Å². The van der Waals surface area contributed by atoms with Crippen LogP contribution in [0.4, 0.5) is 0 Å². The molecule has 1 aliphatic rings. The Morgan fingerprint density at radius 2 is 2.04 bits per heavy atom. The number of rotatable bonds is 6. The summed E-state index contributed by atoms with van der Waals surface area (Å²) in [5.74, 6) is 2.21. The van der Waals surface area contributed by atoms with Crippen LogP contribution in [-0.2, 0) is 4.79 Å².